The van der Waals surface area contributed by atoms with E-state index in [0.717, 1.165) is 16.7 Å². The summed E-state index contributed by atoms with van der Waals surface area (Å²) in [5, 5.41) is 10.6. The molecule has 0 aromatic heterocycles. The molecule has 0 aliphatic carbocycles. The van der Waals surface area contributed by atoms with Crippen molar-refractivity contribution in [3.05, 3.63) is 129 Å². The van der Waals surface area contributed by atoms with Crippen molar-refractivity contribution in [3.8, 4) is 29.1 Å². The van der Waals surface area contributed by atoms with Gasteiger partial charge in [0, 0.05) is 22.2 Å². The van der Waals surface area contributed by atoms with Crippen LogP contribution in [-0.2, 0) is 6.61 Å². The monoisotopic (exact) mass is 552 g/mol. The number of nitrogens with two attached hydrogens (primary N) is 1. The Morgan fingerprint density at radius 3 is 2.52 bits per heavy atom. The lowest BCUT2D eigenvalue weighted by molar-refractivity contribution is 0.0734. The van der Waals surface area contributed by atoms with E-state index in [4.69, 9.17) is 36.3 Å². The number of benzene rings is 4. The molecule has 1 heterocycles. The fourth-order valence-corrected chi connectivity index (χ4v) is 4.64. The Kier molecular flexibility index (Phi) is 7.63. The summed E-state index contributed by atoms with van der Waals surface area (Å²) in [5.41, 5.74) is 10.2. The van der Waals surface area contributed by atoms with Gasteiger partial charge in [0.2, 0.25) is 5.88 Å². The number of ether oxygens (including phenoxy) is 4. The van der Waals surface area contributed by atoms with E-state index in [1.807, 2.05) is 43.3 Å². The minimum Gasteiger partial charge on any atom is -0.493 e. The van der Waals surface area contributed by atoms with Crippen molar-refractivity contribution in [2.75, 3.05) is 7.11 Å². The summed E-state index contributed by atoms with van der Waals surface area (Å²) < 4.78 is 23.0. The highest BCUT2D eigenvalue weighted by Gasteiger charge is 2.32. The largest absolute Gasteiger partial charge is 0.493 e. The Hall–Kier alpha value is -4.93. The zero-order chi connectivity index (χ0) is 28.2. The zero-order valence-corrected chi connectivity index (χ0v) is 22.6. The smallest absolute Gasteiger partial charge is 0.343 e. The van der Waals surface area contributed by atoms with E-state index in [9.17, 15) is 10.1 Å². The van der Waals surface area contributed by atoms with Gasteiger partial charge in [0.25, 0.3) is 0 Å². The van der Waals surface area contributed by atoms with Gasteiger partial charge < -0.3 is 24.7 Å². The number of rotatable bonds is 7. The second-order valence-corrected chi connectivity index (χ2v) is 9.58. The molecule has 0 spiro atoms. The van der Waals surface area contributed by atoms with Crippen LogP contribution in [0, 0.1) is 18.3 Å². The summed E-state index contributed by atoms with van der Waals surface area (Å²) in [5.74, 6) is 0.614. The first kappa shape index (κ1) is 26.7. The Morgan fingerprint density at radius 1 is 1.02 bits per heavy atom. The van der Waals surface area contributed by atoms with Gasteiger partial charge in [0.05, 0.1) is 18.6 Å². The van der Waals surface area contributed by atoms with Crippen molar-refractivity contribution in [3.63, 3.8) is 0 Å². The van der Waals surface area contributed by atoms with E-state index in [1.165, 1.54) is 0 Å². The van der Waals surface area contributed by atoms with Gasteiger partial charge in [-0.2, -0.15) is 5.26 Å². The summed E-state index contributed by atoms with van der Waals surface area (Å²) in [6.07, 6.45) is 0. The van der Waals surface area contributed by atoms with Crippen LogP contribution in [-0.4, -0.2) is 13.1 Å². The van der Waals surface area contributed by atoms with Crippen LogP contribution in [0.5, 0.6) is 23.0 Å². The molecule has 7 nitrogen and oxygen atoms in total. The molecule has 4 aromatic rings. The van der Waals surface area contributed by atoms with Crippen molar-refractivity contribution in [1.29, 1.82) is 5.26 Å². The summed E-state index contributed by atoms with van der Waals surface area (Å²) in [6, 6.07) is 27.2. The molecule has 5 rings (SSSR count). The van der Waals surface area contributed by atoms with Gasteiger partial charge in [-0.15, -0.1) is 0 Å². The van der Waals surface area contributed by atoms with Crippen LogP contribution in [0.1, 0.15) is 38.5 Å². The third-order valence-corrected chi connectivity index (χ3v) is 6.92. The molecule has 0 saturated carbocycles. The third kappa shape index (κ3) is 5.44. The van der Waals surface area contributed by atoms with Crippen LogP contribution < -0.4 is 24.7 Å². The first-order chi connectivity index (χ1) is 19.4. The first-order valence-corrected chi connectivity index (χ1v) is 12.8. The van der Waals surface area contributed by atoms with E-state index >= 15 is 0 Å². The Morgan fingerprint density at radius 2 is 1.80 bits per heavy atom. The lowest BCUT2D eigenvalue weighted by Crippen LogP contribution is -2.21. The number of carbonyl (C=O) groups is 1. The molecular formula is C32H25ClN2O5. The molecule has 0 radical (unpaired) electrons. The molecule has 0 amide bonds. The number of esters is 1. The minimum absolute atomic E-state index is 0.0278. The van der Waals surface area contributed by atoms with E-state index in [0.29, 0.717) is 33.4 Å². The molecule has 1 aliphatic rings. The number of halogens is 1. The number of hydrogen-bond acceptors (Lipinski definition) is 7. The maximum Gasteiger partial charge on any atom is 0.343 e. The van der Waals surface area contributed by atoms with Crippen LogP contribution in [0.25, 0.3) is 0 Å². The van der Waals surface area contributed by atoms with Gasteiger partial charge in [-0.3, -0.25) is 0 Å². The molecule has 1 atom stereocenters. The molecule has 2 N–H and O–H groups in total. The number of nitrogens with zero attached hydrogens (tertiary/aromatic N) is 1. The van der Waals surface area contributed by atoms with E-state index in [-0.39, 0.29) is 23.8 Å². The first-order valence-electron chi connectivity index (χ1n) is 12.4. The fourth-order valence-electron chi connectivity index (χ4n) is 4.45. The van der Waals surface area contributed by atoms with Crippen molar-refractivity contribution < 1.29 is 23.7 Å². The van der Waals surface area contributed by atoms with Crippen LogP contribution >= 0.6 is 11.6 Å². The number of allylic oxidation sites excluding steroid dienone is 1. The molecule has 1 aliphatic heterocycles. The molecule has 200 valence electrons. The van der Waals surface area contributed by atoms with Crippen LogP contribution in [0.15, 0.2) is 96.4 Å². The van der Waals surface area contributed by atoms with Crippen LogP contribution in [0.2, 0.25) is 5.02 Å². The van der Waals surface area contributed by atoms with Crippen LogP contribution in [0.3, 0.4) is 0 Å². The lowest BCUT2D eigenvalue weighted by Gasteiger charge is -2.27. The Labute approximate surface area is 236 Å². The van der Waals surface area contributed by atoms with Gasteiger partial charge in [0.1, 0.15) is 29.7 Å². The summed E-state index contributed by atoms with van der Waals surface area (Å²) in [6.45, 7) is 2.20. The minimum atomic E-state index is -0.540. The molecule has 1 unspecified atom stereocenters. The number of nitriles is 1. The van der Waals surface area contributed by atoms with E-state index < -0.39 is 11.9 Å². The SMILES string of the molecule is COc1cc(C2C(C#N)=C(N)Oc3cc(OC(=O)c4ccc(C)cc4)ccc32)ccc1OCc1ccccc1Cl. The normalized spacial score (nSPS) is 14.0. The van der Waals surface area contributed by atoms with E-state index in [2.05, 4.69) is 6.07 Å². The zero-order valence-electron chi connectivity index (χ0n) is 21.8. The molecule has 0 fully saturated rings. The maximum absolute atomic E-state index is 12.6. The van der Waals surface area contributed by atoms with Crippen molar-refractivity contribution in [1.82, 2.24) is 0 Å². The summed E-state index contributed by atoms with van der Waals surface area (Å²) in [7, 11) is 1.55. The molecular weight excluding hydrogens is 528 g/mol. The molecule has 4 aromatic carbocycles. The highest BCUT2D eigenvalue weighted by Crippen LogP contribution is 2.45. The van der Waals surface area contributed by atoms with E-state index in [1.54, 1.807) is 55.6 Å². The van der Waals surface area contributed by atoms with Gasteiger partial charge in [-0.05, 0) is 48.9 Å². The van der Waals surface area contributed by atoms with Gasteiger partial charge >= 0.3 is 5.97 Å². The number of hydrogen-bond donors (Lipinski definition) is 1. The molecule has 0 bridgehead atoms. The van der Waals surface area contributed by atoms with Gasteiger partial charge in [-0.25, -0.2) is 4.79 Å². The predicted molar refractivity (Wildman–Crippen MR) is 151 cm³/mol. The van der Waals surface area contributed by atoms with Crippen molar-refractivity contribution >= 4 is 17.6 Å². The second kappa shape index (κ2) is 11.4. The third-order valence-electron chi connectivity index (χ3n) is 6.55. The number of methoxy groups -OCH3 is 1. The van der Waals surface area contributed by atoms with Gasteiger partial charge in [0.15, 0.2) is 11.5 Å². The Balaban J connectivity index is 1.44. The lowest BCUT2D eigenvalue weighted by atomic mass is 9.83. The van der Waals surface area contributed by atoms with Crippen molar-refractivity contribution in [2.24, 2.45) is 5.73 Å². The average Bonchev–Trinajstić information content (AvgIpc) is 2.96. The molecule has 8 heteroatoms. The standard InChI is InChI=1S/C32H25ClN2O5/c1-19-7-9-20(10-8-19)32(36)39-23-12-13-24-28(16-23)40-31(35)25(17-34)30(24)21-11-14-27(29(15-21)37-2)38-18-22-5-3-4-6-26(22)33/h3-16,30H,18,35H2,1-2H3. The Bertz CT molecular complexity index is 1660. The predicted octanol–water partition coefficient (Wildman–Crippen LogP) is 6.67. The molecule has 40 heavy (non-hydrogen) atoms. The molecule has 0 saturated heterocycles. The highest BCUT2D eigenvalue weighted by molar-refractivity contribution is 6.31. The number of aryl methyl sites for hydroxylation is 1. The number of carbonyl (C=O) groups excluding carboxylic acids is 1. The number of fused-ring (bicyclic) bond motifs is 1. The highest BCUT2D eigenvalue weighted by atomic mass is 35.5. The van der Waals surface area contributed by atoms with Gasteiger partial charge in [-0.1, -0.05) is 59.6 Å². The quantitative estimate of drug-likeness (QED) is 0.201. The summed E-state index contributed by atoms with van der Waals surface area (Å²) >= 11 is 6.26. The average molecular weight is 553 g/mol. The second-order valence-electron chi connectivity index (χ2n) is 9.17. The maximum atomic E-state index is 12.6. The van der Waals surface area contributed by atoms with Crippen molar-refractivity contribution in [2.45, 2.75) is 19.4 Å². The topological polar surface area (TPSA) is 104 Å². The van der Waals surface area contributed by atoms with Crippen LogP contribution in [0.4, 0.5) is 0 Å². The fraction of sp³-hybridized carbons (Fsp3) is 0.125. The summed E-state index contributed by atoms with van der Waals surface area (Å²) in [4.78, 5) is 12.6.